The van der Waals surface area contributed by atoms with Crippen LogP contribution in [-0.2, 0) is 13.2 Å². The molecule has 0 radical (unpaired) electrons. The Morgan fingerprint density at radius 3 is 2.50 bits per heavy atom. The molecule has 0 saturated carbocycles. The van der Waals surface area contributed by atoms with Gasteiger partial charge in [-0.3, -0.25) is 0 Å². The highest BCUT2D eigenvalue weighted by atomic mass is 19.4. The summed E-state index contributed by atoms with van der Waals surface area (Å²) in [4.78, 5) is 3.49. The molecule has 0 amide bonds. The smallest absolute Gasteiger partial charge is 0.394 e. The summed E-state index contributed by atoms with van der Waals surface area (Å²) in [6.45, 7) is -0.527. The number of aliphatic hydroxyl groups excluding tert-OH is 1. The number of pyridine rings is 1. The second-order valence-corrected chi connectivity index (χ2v) is 2.90. The lowest BCUT2D eigenvalue weighted by Gasteiger charge is -2.13. The van der Waals surface area contributed by atoms with Crippen molar-refractivity contribution in [2.45, 2.75) is 19.5 Å². The molecule has 5 nitrogen and oxygen atoms in total. The molecule has 8 heteroatoms. The number of aromatic nitrogens is 1. The van der Waals surface area contributed by atoms with E-state index in [4.69, 9.17) is 16.6 Å². The van der Waals surface area contributed by atoms with Crippen molar-refractivity contribution in [1.82, 2.24) is 4.98 Å². The molecule has 1 aromatic rings. The average Bonchev–Trinajstić information content (AvgIpc) is 2.18. The molecule has 0 aliphatic carbocycles. The predicted molar refractivity (Wildman–Crippen MR) is 49.1 cm³/mol. The van der Waals surface area contributed by atoms with Crippen molar-refractivity contribution >= 4 is 5.69 Å². The van der Waals surface area contributed by atoms with Gasteiger partial charge < -0.3 is 21.3 Å². The SMILES string of the molecule is NCc1nc(OC(F)(F)F)c(N)cc1CO. The molecular formula is C8H10F3N3O2. The van der Waals surface area contributed by atoms with Crippen LogP contribution < -0.4 is 16.2 Å². The maximum atomic E-state index is 11.9. The summed E-state index contributed by atoms with van der Waals surface area (Å²) >= 11 is 0. The fourth-order valence-corrected chi connectivity index (χ4v) is 1.10. The first-order valence-corrected chi connectivity index (χ1v) is 4.22. The standard InChI is InChI=1S/C8H10F3N3O2/c9-8(10,11)16-7-5(13)1-4(3-15)6(2-12)14-7/h1,15H,2-3,12-13H2. The first-order chi connectivity index (χ1) is 7.37. The van der Waals surface area contributed by atoms with Crippen molar-refractivity contribution in [3.05, 3.63) is 17.3 Å². The Labute approximate surface area is 88.8 Å². The second-order valence-electron chi connectivity index (χ2n) is 2.90. The van der Waals surface area contributed by atoms with Gasteiger partial charge in [-0.25, -0.2) is 4.98 Å². The molecule has 1 rings (SSSR count). The molecule has 0 aliphatic rings. The van der Waals surface area contributed by atoms with E-state index < -0.39 is 18.8 Å². The van der Waals surface area contributed by atoms with Gasteiger partial charge in [-0.15, -0.1) is 13.2 Å². The predicted octanol–water partition coefficient (Wildman–Crippen LogP) is 0.513. The lowest BCUT2D eigenvalue weighted by molar-refractivity contribution is -0.275. The Kier molecular flexibility index (Phi) is 3.55. The van der Waals surface area contributed by atoms with E-state index in [0.29, 0.717) is 0 Å². The van der Waals surface area contributed by atoms with E-state index in [1.54, 1.807) is 0 Å². The number of anilines is 1. The van der Waals surface area contributed by atoms with Crippen molar-refractivity contribution in [1.29, 1.82) is 0 Å². The van der Waals surface area contributed by atoms with E-state index >= 15 is 0 Å². The first-order valence-electron chi connectivity index (χ1n) is 4.22. The van der Waals surface area contributed by atoms with Crippen molar-refractivity contribution in [3.63, 3.8) is 0 Å². The van der Waals surface area contributed by atoms with Crippen LogP contribution in [0, 0.1) is 0 Å². The Bertz CT molecular complexity index is 382. The van der Waals surface area contributed by atoms with Gasteiger partial charge in [0.25, 0.3) is 0 Å². The number of nitrogens with zero attached hydrogens (tertiary/aromatic N) is 1. The van der Waals surface area contributed by atoms with Crippen molar-refractivity contribution in [3.8, 4) is 5.88 Å². The van der Waals surface area contributed by atoms with E-state index in [-0.39, 0.29) is 23.5 Å². The number of hydrogen-bond acceptors (Lipinski definition) is 5. The van der Waals surface area contributed by atoms with Crippen LogP contribution in [0.15, 0.2) is 6.07 Å². The summed E-state index contributed by atoms with van der Waals surface area (Å²) in [6.07, 6.45) is -4.87. The topological polar surface area (TPSA) is 94.4 Å². The minimum atomic E-state index is -4.87. The van der Waals surface area contributed by atoms with Gasteiger partial charge in [0, 0.05) is 12.1 Å². The van der Waals surface area contributed by atoms with Crippen molar-refractivity contribution in [2.75, 3.05) is 5.73 Å². The Balaban J connectivity index is 3.11. The number of halogens is 3. The second kappa shape index (κ2) is 4.54. The van der Waals surface area contributed by atoms with Gasteiger partial charge >= 0.3 is 6.36 Å². The van der Waals surface area contributed by atoms with Crippen LogP contribution in [0.25, 0.3) is 0 Å². The largest absolute Gasteiger partial charge is 0.574 e. The molecule has 16 heavy (non-hydrogen) atoms. The van der Waals surface area contributed by atoms with E-state index in [1.807, 2.05) is 0 Å². The summed E-state index contributed by atoms with van der Waals surface area (Å²) in [7, 11) is 0. The monoisotopic (exact) mass is 237 g/mol. The number of nitrogens with two attached hydrogens (primary N) is 2. The summed E-state index contributed by atoms with van der Waals surface area (Å²) in [5.41, 5.74) is 10.6. The molecular weight excluding hydrogens is 227 g/mol. The third kappa shape index (κ3) is 2.97. The van der Waals surface area contributed by atoms with E-state index in [2.05, 4.69) is 9.72 Å². The third-order valence-corrected chi connectivity index (χ3v) is 1.76. The van der Waals surface area contributed by atoms with Gasteiger partial charge in [0.1, 0.15) is 0 Å². The van der Waals surface area contributed by atoms with Gasteiger partial charge in [0.05, 0.1) is 18.0 Å². The number of rotatable bonds is 3. The number of hydrogen-bond donors (Lipinski definition) is 3. The molecule has 1 aromatic heterocycles. The highest BCUT2D eigenvalue weighted by Gasteiger charge is 2.33. The zero-order valence-corrected chi connectivity index (χ0v) is 8.08. The number of aliphatic hydroxyl groups is 1. The van der Waals surface area contributed by atoms with Gasteiger partial charge in [0.15, 0.2) is 0 Å². The summed E-state index contributed by atoms with van der Waals surface area (Å²) in [5, 5.41) is 8.88. The Hall–Kier alpha value is -1.54. The normalized spacial score (nSPS) is 11.6. The fourth-order valence-electron chi connectivity index (χ4n) is 1.10. The molecule has 0 bridgehead atoms. The van der Waals surface area contributed by atoms with Crippen LogP contribution in [0.2, 0.25) is 0 Å². The third-order valence-electron chi connectivity index (χ3n) is 1.76. The fraction of sp³-hybridized carbons (Fsp3) is 0.375. The molecule has 0 aromatic carbocycles. The molecule has 0 spiro atoms. The molecule has 5 N–H and O–H groups in total. The number of nitrogen functional groups attached to an aromatic ring is 1. The minimum Gasteiger partial charge on any atom is -0.394 e. The number of alkyl halides is 3. The highest BCUT2D eigenvalue weighted by Crippen LogP contribution is 2.28. The molecule has 0 aliphatic heterocycles. The van der Waals surface area contributed by atoms with Crippen LogP contribution in [0.5, 0.6) is 5.88 Å². The van der Waals surface area contributed by atoms with Crippen LogP contribution in [-0.4, -0.2) is 16.5 Å². The van der Waals surface area contributed by atoms with Crippen molar-refractivity contribution in [2.24, 2.45) is 5.73 Å². The summed E-state index contributed by atoms with van der Waals surface area (Å²) in [5.74, 6) is -0.759. The van der Waals surface area contributed by atoms with E-state index in [9.17, 15) is 13.2 Å². The van der Waals surface area contributed by atoms with Gasteiger partial charge in [0.2, 0.25) is 5.88 Å². The molecule has 1 heterocycles. The quantitative estimate of drug-likeness (QED) is 0.712. The maximum absolute atomic E-state index is 11.9. The Morgan fingerprint density at radius 1 is 1.44 bits per heavy atom. The van der Waals surface area contributed by atoms with Gasteiger partial charge in [-0.05, 0) is 6.07 Å². The minimum absolute atomic E-state index is 0.107. The molecule has 0 unspecified atom stereocenters. The van der Waals surface area contributed by atoms with Crippen LogP contribution in [0.3, 0.4) is 0 Å². The van der Waals surface area contributed by atoms with Gasteiger partial charge in [-0.1, -0.05) is 0 Å². The molecule has 0 saturated heterocycles. The summed E-state index contributed by atoms with van der Waals surface area (Å²) in [6, 6.07) is 1.15. The average molecular weight is 237 g/mol. The number of ether oxygens (including phenoxy) is 1. The van der Waals surface area contributed by atoms with Gasteiger partial charge in [-0.2, -0.15) is 0 Å². The van der Waals surface area contributed by atoms with E-state index in [0.717, 1.165) is 6.07 Å². The maximum Gasteiger partial charge on any atom is 0.574 e. The molecule has 0 atom stereocenters. The first kappa shape index (κ1) is 12.5. The summed E-state index contributed by atoms with van der Waals surface area (Å²) < 4.78 is 39.4. The van der Waals surface area contributed by atoms with E-state index in [1.165, 1.54) is 0 Å². The Morgan fingerprint density at radius 2 is 2.06 bits per heavy atom. The van der Waals surface area contributed by atoms with Crippen LogP contribution in [0.1, 0.15) is 11.3 Å². The zero-order valence-electron chi connectivity index (χ0n) is 8.08. The lowest BCUT2D eigenvalue weighted by atomic mass is 10.2. The highest BCUT2D eigenvalue weighted by molar-refractivity contribution is 5.51. The zero-order chi connectivity index (χ0) is 12.3. The molecule has 0 fully saturated rings. The molecule has 90 valence electrons. The lowest BCUT2D eigenvalue weighted by Crippen LogP contribution is -2.20. The van der Waals surface area contributed by atoms with Crippen LogP contribution in [0.4, 0.5) is 18.9 Å². The van der Waals surface area contributed by atoms with Crippen molar-refractivity contribution < 1.29 is 23.0 Å². The van der Waals surface area contributed by atoms with Crippen LogP contribution >= 0.6 is 0 Å².